The summed E-state index contributed by atoms with van der Waals surface area (Å²) in [6.07, 6.45) is -0.776. The summed E-state index contributed by atoms with van der Waals surface area (Å²) < 4.78 is 0. The smallest absolute Gasteiger partial charge is 0.247 e. The molecule has 0 saturated carbocycles. The number of rotatable bonds is 2. The van der Waals surface area contributed by atoms with Gasteiger partial charge in [0.05, 0.1) is 0 Å². The van der Waals surface area contributed by atoms with Crippen LogP contribution in [0.1, 0.15) is 10.4 Å². The van der Waals surface area contributed by atoms with Crippen LogP contribution in [0.3, 0.4) is 0 Å². The molecule has 1 aliphatic rings. The molecule has 64 valence electrons. The number of Topliss-reactive ketones (excluding diaryl/α,β-unsaturated/α-hetero) is 1. The van der Waals surface area contributed by atoms with Crippen LogP contribution in [0, 0.1) is 0 Å². The van der Waals surface area contributed by atoms with Crippen LogP contribution in [-0.4, -0.2) is 11.9 Å². The maximum Gasteiger partial charge on any atom is 0.247 e. The summed E-state index contributed by atoms with van der Waals surface area (Å²) in [4.78, 5) is 11.5. The largest absolute Gasteiger partial charge is 0.289 e. The lowest BCUT2D eigenvalue weighted by Crippen LogP contribution is -2.13. The minimum atomic E-state index is -0.776. The van der Waals surface area contributed by atoms with E-state index in [1.807, 2.05) is 6.07 Å². The van der Waals surface area contributed by atoms with E-state index >= 15 is 0 Å². The Hall–Kier alpha value is -1.91. The Balaban J connectivity index is 2.23. The van der Waals surface area contributed by atoms with Crippen molar-refractivity contribution in [2.24, 2.45) is 20.7 Å². The third kappa shape index (κ3) is 1.48. The zero-order valence-electron chi connectivity index (χ0n) is 6.66. The quantitative estimate of drug-likeness (QED) is 0.632. The van der Waals surface area contributed by atoms with Crippen molar-refractivity contribution < 1.29 is 4.79 Å². The van der Waals surface area contributed by atoms with Crippen molar-refractivity contribution in [1.82, 2.24) is 0 Å². The first-order valence-electron chi connectivity index (χ1n) is 3.77. The second-order valence-corrected chi connectivity index (χ2v) is 2.51. The van der Waals surface area contributed by atoms with Crippen LogP contribution < -0.4 is 0 Å². The molecule has 0 fully saturated rings. The molecule has 0 spiro atoms. The van der Waals surface area contributed by atoms with E-state index in [1.165, 1.54) is 0 Å². The Labute approximate surface area is 74.2 Å². The Kier molecular flexibility index (Phi) is 1.91. The summed E-state index contributed by atoms with van der Waals surface area (Å²) in [6.45, 7) is 0. The van der Waals surface area contributed by atoms with Crippen molar-refractivity contribution in [3.05, 3.63) is 35.9 Å². The Bertz CT molecular complexity index is 359. The average Bonchev–Trinajstić information content (AvgIpc) is 2.71. The van der Waals surface area contributed by atoms with Crippen molar-refractivity contribution >= 4 is 5.78 Å². The van der Waals surface area contributed by atoms with Crippen molar-refractivity contribution in [2.75, 3.05) is 0 Å². The predicted octanol–water partition coefficient (Wildman–Crippen LogP) is 2.03. The second-order valence-electron chi connectivity index (χ2n) is 2.51. The molecular formula is C8H6N4O. The summed E-state index contributed by atoms with van der Waals surface area (Å²) in [5, 5.41) is 13.7. The zero-order valence-corrected chi connectivity index (χ0v) is 6.66. The zero-order chi connectivity index (χ0) is 9.10. The number of benzene rings is 1. The van der Waals surface area contributed by atoms with Gasteiger partial charge in [-0.3, -0.25) is 4.79 Å². The normalized spacial score (nSPS) is 15.1. The highest BCUT2D eigenvalue weighted by Crippen LogP contribution is 2.11. The second kappa shape index (κ2) is 3.22. The van der Waals surface area contributed by atoms with Crippen LogP contribution in [0.5, 0.6) is 0 Å². The number of carbonyl (C=O) groups is 1. The van der Waals surface area contributed by atoms with Crippen LogP contribution in [0.25, 0.3) is 0 Å². The average molecular weight is 174 g/mol. The summed E-state index contributed by atoms with van der Waals surface area (Å²) in [5.41, 5.74) is 0.576. The molecule has 0 aromatic heterocycles. The van der Waals surface area contributed by atoms with Gasteiger partial charge in [-0.2, -0.15) is 0 Å². The number of hydrogen-bond donors (Lipinski definition) is 0. The van der Waals surface area contributed by atoms with Crippen LogP contribution in [0.15, 0.2) is 51.0 Å². The third-order valence-electron chi connectivity index (χ3n) is 1.65. The van der Waals surface area contributed by atoms with E-state index in [4.69, 9.17) is 0 Å². The maximum atomic E-state index is 11.5. The molecule has 0 N–H and O–H groups in total. The minimum absolute atomic E-state index is 0.175. The summed E-state index contributed by atoms with van der Waals surface area (Å²) in [7, 11) is 0. The van der Waals surface area contributed by atoms with E-state index in [9.17, 15) is 4.79 Å². The van der Waals surface area contributed by atoms with Gasteiger partial charge in [-0.05, 0) is 10.4 Å². The molecule has 0 radical (unpaired) electrons. The lowest BCUT2D eigenvalue weighted by atomic mass is 10.1. The first-order chi connectivity index (χ1) is 6.38. The van der Waals surface area contributed by atoms with Crippen molar-refractivity contribution in [3.63, 3.8) is 0 Å². The van der Waals surface area contributed by atoms with E-state index in [0.717, 1.165) is 0 Å². The molecule has 0 aliphatic carbocycles. The van der Waals surface area contributed by atoms with Crippen molar-refractivity contribution in [1.29, 1.82) is 0 Å². The molecule has 0 amide bonds. The molecule has 1 heterocycles. The van der Waals surface area contributed by atoms with Gasteiger partial charge in [-0.15, -0.1) is 10.2 Å². The standard InChI is InChI=1S/C8H6N4O/c13-7(8-9-11-12-10-8)6-4-2-1-3-5-6/h1-5,8H. The van der Waals surface area contributed by atoms with Gasteiger partial charge in [-0.25, -0.2) is 0 Å². The van der Waals surface area contributed by atoms with Gasteiger partial charge in [-0.1, -0.05) is 30.3 Å². The van der Waals surface area contributed by atoms with Crippen LogP contribution in [0.4, 0.5) is 0 Å². The van der Waals surface area contributed by atoms with Gasteiger partial charge < -0.3 is 0 Å². The summed E-state index contributed by atoms with van der Waals surface area (Å²) in [6, 6.07) is 8.85. The molecule has 1 aliphatic heterocycles. The third-order valence-corrected chi connectivity index (χ3v) is 1.65. The van der Waals surface area contributed by atoms with Crippen molar-refractivity contribution in [2.45, 2.75) is 6.17 Å². The van der Waals surface area contributed by atoms with Gasteiger partial charge in [0.1, 0.15) is 0 Å². The number of hydrogen-bond acceptors (Lipinski definition) is 5. The highest BCUT2D eigenvalue weighted by Gasteiger charge is 2.20. The minimum Gasteiger partial charge on any atom is -0.289 e. The Morgan fingerprint density at radius 1 is 1.08 bits per heavy atom. The lowest BCUT2D eigenvalue weighted by Gasteiger charge is -1.99. The van der Waals surface area contributed by atoms with E-state index in [2.05, 4.69) is 20.7 Å². The number of nitrogens with zero attached hydrogens (tertiary/aromatic N) is 4. The topological polar surface area (TPSA) is 66.5 Å². The van der Waals surface area contributed by atoms with Crippen LogP contribution >= 0.6 is 0 Å². The molecule has 0 saturated heterocycles. The lowest BCUT2D eigenvalue weighted by molar-refractivity contribution is 0.0964. The molecule has 1 aromatic rings. The molecule has 5 nitrogen and oxygen atoms in total. The maximum absolute atomic E-state index is 11.5. The van der Waals surface area contributed by atoms with Gasteiger partial charge in [0, 0.05) is 5.56 Å². The van der Waals surface area contributed by atoms with Crippen LogP contribution in [0.2, 0.25) is 0 Å². The first kappa shape index (κ1) is 7.72. The van der Waals surface area contributed by atoms with E-state index in [0.29, 0.717) is 5.56 Å². The van der Waals surface area contributed by atoms with Gasteiger partial charge in [0.15, 0.2) is 0 Å². The van der Waals surface area contributed by atoms with Gasteiger partial charge in [0.2, 0.25) is 11.9 Å². The number of carbonyl (C=O) groups excluding carboxylic acids is 1. The fourth-order valence-electron chi connectivity index (χ4n) is 1.02. The molecule has 5 heteroatoms. The Morgan fingerprint density at radius 2 is 1.69 bits per heavy atom. The fraction of sp³-hybridized carbons (Fsp3) is 0.125. The van der Waals surface area contributed by atoms with E-state index in [1.54, 1.807) is 24.3 Å². The molecular weight excluding hydrogens is 168 g/mol. The van der Waals surface area contributed by atoms with E-state index in [-0.39, 0.29) is 5.78 Å². The first-order valence-corrected chi connectivity index (χ1v) is 3.77. The number of ketones is 1. The van der Waals surface area contributed by atoms with Crippen LogP contribution in [-0.2, 0) is 0 Å². The molecule has 13 heavy (non-hydrogen) atoms. The van der Waals surface area contributed by atoms with Gasteiger partial charge >= 0.3 is 0 Å². The Morgan fingerprint density at radius 3 is 2.31 bits per heavy atom. The van der Waals surface area contributed by atoms with E-state index < -0.39 is 6.17 Å². The summed E-state index contributed by atoms with van der Waals surface area (Å²) in [5.74, 6) is -0.175. The SMILES string of the molecule is O=C(c1ccccc1)C1N=NN=N1. The highest BCUT2D eigenvalue weighted by atomic mass is 16.1. The fourth-order valence-corrected chi connectivity index (χ4v) is 1.02. The van der Waals surface area contributed by atoms with Gasteiger partial charge in [0.25, 0.3) is 0 Å². The predicted molar refractivity (Wildman–Crippen MR) is 44.3 cm³/mol. The molecule has 0 bridgehead atoms. The van der Waals surface area contributed by atoms with Crippen molar-refractivity contribution in [3.8, 4) is 0 Å². The molecule has 0 atom stereocenters. The monoisotopic (exact) mass is 174 g/mol. The highest BCUT2D eigenvalue weighted by molar-refractivity contribution is 5.99. The molecule has 1 aromatic carbocycles. The molecule has 2 rings (SSSR count). The molecule has 0 unspecified atom stereocenters. The summed E-state index contributed by atoms with van der Waals surface area (Å²) >= 11 is 0.